The van der Waals surface area contributed by atoms with Crippen LogP contribution in [0.3, 0.4) is 0 Å². The summed E-state index contributed by atoms with van der Waals surface area (Å²) >= 11 is 0. The lowest BCUT2D eigenvalue weighted by Gasteiger charge is -2.30. The molecule has 1 saturated carbocycles. The highest BCUT2D eigenvalue weighted by molar-refractivity contribution is 5.14. The molecule has 1 aromatic carbocycles. The van der Waals surface area contributed by atoms with E-state index in [9.17, 15) is 0 Å². The van der Waals surface area contributed by atoms with Gasteiger partial charge in [-0.15, -0.1) is 0 Å². The molecule has 0 amide bonds. The molecule has 2 heteroatoms. The fourth-order valence-corrected chi connectivity index (χ4v) is 3.22. The Morgan fingerprint density at radius 2 is 1.90 bits per heavy atom. The van der Waals surface area contributed by atoms with Crippen molar-refractivity contribution in [2.45, 2.75) is 52.1 Å². The normalized spacial score (nSPS) is 23.1. The highest BCUT2D eigenvalue weighted by Gasteiger charge is 2.20. The molecule has 112 valence electrons. The molecule has 2 rings (SSSR count). The van der Waals surface area contributed by atoms with Crippen LogP contribution < -0.4 is 5.32 Å². The summed E-state index contributed by atoms with van der Waals surface area (Å²) in [6.45, 7) is 9.12. The Balaban J connectivity index is 1.71. The van der Waals surface area contributed by atoms with Gasteiger partial charge in [-0.2, -0.15) is 0 Å². The van der Waals surface area contributed by atoms with E-state index in [1.54, 1.807) is 0 Å². The summed E-state index contributed by atoms with van der Waals surface area (Å²) in [5, 5.41) is 3.78. The van der Waals surface area contributed by atoms with Crippen LogP contribution in [0, 0.1) is 5.92 Å². The largest absolute Gasteiger partial charge is 0.312 e. The first-order valence-electron chi connectivity index (χ1n) is 8.29. The molecule has 2 atom stereocenters. The molecule has 0 spiro atoms. The Morgan fingerprint density at radius 1 is 1.15 bits per heavy atom. The highest BCUT2D eigenvalue weighted by Crippen LogP contribution is 2.23. The van der Waals surface area contributed by atoms with Gasteiger partial charge in [-0.1, -0.05) is 57.0 Å². The molecule has 0 bridgehead atoms. The molecule has 1 aliphatic carbocycles. The number of benzene rings is 1. The first-order chi connectivity index (χ1) is 9.79. The van der Waals surface area contributed by atoms with Gasteiger partial charge in [-0.3, -0.25) is 4.90 Å². The van der Waals surface area contributed by atoms with E-state index in [1.807, 2.05) is 0 Å². The van der Waals surface area contributed by atoms with Gasteiger partial charge in [0.1, 0.15) is 0 Å². The predicted molar refractivity (Wildman–Crippen MR) is 86.8 cm³/mol. The van der Waals surface area contributed by atoms with Crippen molar-refractivity contribution in [3.8, 4) is 0 Å². The van der Waals surface area contributed by atoms with Crippen LogP contribution in [0.2, 0.25) is 0 Å². The molecule has 0 saturated heterocycles. The third-order valence-electron chi connectivity index (χ3n) is 4.64. The smallest absolute Gasteiger partial charge is 0.0234 e. The number of nitrogens with zero attached hydrogens (tertiary/aromatic N) is 1. The van der Waals surface area contributed by atoms with Crippen molar-refractivity contribution >= 4 is 0 Å². The van der Waals surface area contributed by atoms with E-state index in [1.165, 1.54) is 31.2 Å². The van der Waals surface area contributed by atoms with E-state index >= 15 is 0 Å². The van der Waals surface area contributed by atoms with Crippen molar-refractivity contribution in [3.05, 3.63) is 35.9 Å². The first-order valence-corrected chi connectivity index (χ1v) is 8.29. The summed E-state index contributed by atoms with van der Waals surface area (Å²) < 4.78 is 0. The zero-order chi connectivity index (χ0) is 14.2. The quantitative estimate of drug-likeness (QED) is 0.816. The molecule has 1 fully saturated rings. The molecule has 1 aliphatic rings. The third-order valence-corrected chi connectivity index (χ3v) is 4.64. The highest BCUT2D eigenvalue weighted by atomic mass is 15.1. The summed E-state index contributed by atoms with van der Waals surface area (Å²) in [7, 11) is 0. The van der Waals surface area contributed by atoms with Crippen molar-refractivity contribution in [1.82, 2.24) is 10.2 Å². The van der Waals surface area contributed by atoms with E-state index in [0.29, 0.717) is 0 Å². The second kappa shape index (κ2) is 8.43. The third kappa shape index (κ3) is 4.92. The number of hydrogen-bond acceptors (Lipinski definition) is 2. The van der Waals surface area contributed by atoms with Crippen LogP contribution in [0.4, 0.5) is 0 Å². The second-order valence-corrected chi connectivity index (χ2v) is 6.18. The Morgan fingerprint density at radius 3 is 2.60 bits per heavy atom. The molecular formula is C18H30N2. The lowest BCUT2D eigenvalue weighted by Crippen LogP contribution is -2.41. The minimum atomic E-state index is 0.749. The molecule has 0 radical (unpaired) electrons. The number of nitrogens with one attached hydrogen (secondary N) is 1. The Hall–Kier alpha value is -0.860. The van der Waals surface area contributed by atoms with Crippen LogP contribution in [0.25, 0.3) is 0 Å². The fraction of sp³-hybridized carbons (Fsp3) is 0.667. The Labute approximate surface area is 124 Å². The summed E-state index contributed by atoms with van der Waals surface area (Å²) in [5.74, 6) is 0.855. The predicted octanol–water partition coefficient (Wildman–Crippen LogP) is 3.68. The van der Waals surface area contributed by atoms with Crippen molar-refractivity contribution in [2.75, 3.05) is 19.6 Å². The second-order valence-electron chi connectivity index (χ2n) is 6.18. The number of rotatable bonds is 7. The van der Waals surface area contributed by atoms with Crippen molar-refractivity contribution in [2.24, 2.45) is 5.92 Å². The van der Waals surface area contributed by atoms with Crippen molar-refractivity contribution in [3.63, 3.8) is 0 Å². The minimum Gasteiger partial charge on any atom is -0.312 e. The summed E-state index contributed by atoms with van der Waals surface area (Å²) in [5.41, 5.74) is 1.42. The zero-order valence-electron chi connectivity index (χ0n) is 13.1. The van der Waals surface area contributed by atoms with Gasteiger partial charge in [-0.05, 0) is 30.9 Å². The van der Waals surface area contributed by atoms with E-state index in [2.05, 4.69) is 54.4 Å². The van der Waals surface area contributed by atoms with Crippen LogP contribution in [0.15, 0.2) is 30.3 Å². The minimum absolute atomic E-state index is 0.749. The monoisotopic (exact) mass is 274 g/mol. The van der Waals surface area contributed by atoms with Crippen LogP contribution in [-0.4, -0.2) is 30.6 Å². The van der Waals surface area contributed by atoms with Gasteiger partial charge in [-0.25, -0.2) is 0 Å². The maximum Gasteiger partial charge on any atom is 0.0234 e. The molecule has 2 nitrogen and oxygen atoms in total. The molecule has 0 aliphatic heterocycles. The SMILES string of the molecule is CCN(CCNC1CCCCC1C)Cc1ccccc1. The van der Waals surface area contributed by atoms with Gasteiger partial charge in [0, 0.05) is 25.7 Å². The van der Waals surface area contributed by atoms with Gasteiger partial charge in [0.05, 0.1) is 0 Å². The zero-order valence-corrected chi connectivity index (χ0v) is 13.1. The molecule has 0 aromatic heterocycles. The lowest BCUT2D eigenvalue weighted by molar-refractivity contribution is 0.242. The van der Waals surface area contributed by atoms with E-state index in [4.69, 9.17) is 0 Å². The van der Waals surface area contributed by atoms with Gasteiger partial charge in [0.2, 0.25) is 0 Å². The average molecular weight is 274 g/mol. The van der Waals surface area contributed by atoms with Crippen LogP contribution in [0.5, 0.6) is 0 Å². The van der Waals surface area contributed by atoms with E-state index < -0.39 is 0 Å². The topological polar surface area (TPSA) is 15.3 Å². The van der Waals surface area contributed by atoms with Crippen molar-refractivity contribution in [1.29, 1.82) is 0 Å². The van der Waals surface area contributed by atoms with Crippen LogP contribution in [-0.2, 0) is 6.54 Å². The van der Waals surface area contributed by atoms with Gasteiger partial charge in [0.15, 0.2) is 0 Å². The molecular weight excluding hydrogens is 244 g/mol. The molecule has 1 aromatic rings. The number of hydrogen-bond donors (Lipinski definition) is 1. The summed E-state index contributed by atoms with van der Waals surface area (Å²) in [6, 6.07) is 11.5. The fourth-order valence-electron chi connectivity index (χ4n) is 3.22. The van der Waals surface area contributed by atoms with Gasteiger partial charge < -0.3 is 5.32 Å². The lowest BCUT2D eigenvalue weighted by atomic mass is 9.86. The maximum absolute atomic E-state index is 3.78. The Kier molecular flexibility index (Phi) is 6.55. The number of likely N-dealkylation sites (N-methyl/N-ethyl adjacent to an activating group) is 1. The molecule has 0 heterocycles. The standard InChI is InChI=1S/C18H30N2/c1-3-20(15-17-10-5-4-6-11-17)14-13-19-18-12-8-7-9-16(18)2/h4-6,10-11,16,18-19H,3,7-9,12-15H2,1-2H3. The van der Waals surface area contributed by atoms with Crippen LogP contribution in [0.1, 0.15) is 45.1 Å². The van der Waals surface area contributed by atoms with Crippen LogP contribution >= 0.6 is 0 Å². The molecule has 1 N–H and O–H groups in total. The molecule has 2 unspecified atom stereocenters. The van der Waals surface area contributed by atoms with E-state index in [-0.39, 0.29) is 0 Å². The average Bonchev–Trinajstić information content (AvgIpc) is 2.49. The van der Waals surface area contributed by atoms with E-state index in [0.717, 1.165) is 38.1 Å². The molecule has 20 heavy (non-hydrogen) atoms. The summed E-state index contributed by atoms with van der Waals surface area (Å²) in [4.78, 5) is 2.52. The maximum atomic E-state index is 3.78. The van der Waals surface area contributed by atoms with Crippen molar-refractivity contribution < 1.29 is 0 Å². The Bertz CT molecular complexity index is 363. The van der Waals surface area contributed by atoms with Gasteiger partial charge in [0.25, 0.3) is 0 Å². The first kappa shape index (κ1) is 15.5. The van der Waals surface area contributed by atoms with Gasteiger partial charge >= 0.3 is 0 Å². The summed E-state index contributed by atoms with van der Waals surface area (Å²) in [6.07, 6.45) is 5.60.